The molecule has 11 heteroatoms. The Labute approximate surface area is 288 Å². The summed E-state index contributed by atoms with van der Waals surface area (Å²) < 4.78 is 18.6. The smallest absolute Gasteiger partial charge is 0.258 e. The summed E-state index contributed by atoms with van der Waals surface area (Å²) >= 11 is 0. The van der Waals surface area contributed by atoms with Crippen LogP contribution in [-0.2, 0) is 4.79 Å². The highest BCUT2D eigenvalue weighted by atomic mass is 16.5. The summed E-state index contributed by atoms with van der Waals surface area (Å²) in [7, 11) is 0. The number of imide groups is 1. The Bertz CT molecular complexity index is 952. The number of nitrogens with one attached hydrogen (secondary N) is 1. The molecule has 4 atom stereocenters. The molecule has 0 heterocycles. The lowest BCUT2D eigenvalue weighted by atomic mass is 10.0. The summed E-state index contributed by atoms with van der Waals surface area (Å²) in [5.41, 5.74) is 0.0174. The van der Waals surface area contributed by atoms with E-state index in [1.54, 1.807) is 0 Å². The van der Waals surface area contributed by atoms with Gasteiger partial charge in [-0.05, 0) is 31.4 Å². The number of hydrogen-bond acceptors (Lipinski definition) is 10. The van der Waals surface area contributed by atoms with Crippen LogP contribution >= 0.6 is 0 Å². The van der Waals surface area contributed by atoms with E-state index in [2.05, 4.69) is 20.8 Å². The van der Waals surface area contributed by atoms with Crippen LogP contribution in [-0.4, -0.2) is 88.2 Å². The number of aliphatic hydroxyl groups is 5. The normalized spacial score (nSPS) is 13.8. The Balaban J connectivity index is 3.20. The zero-order chi connectivity index (χ0) is 35.6. The van der Waals surface area contributed by atoms with Crippen LogP contribution in [0.4, 0.5) is 0 Å². The predicted octanol–water partition coefficient (Wildman–Crippen LogP) is 5.60. The number of ether oxygens (including phenoxy) is 3. The first-order valence-corrected chi connectivity index (χ1v) is 18.5. The van der Waals surface area contributed by atoms with Gasteiger partial charge < -0.3 is 39.7 Å². The highest BCUT2D eigenvalue weighted by Gasteiger charge is 2.35. The van der Waals surface area contributed by atoms with Gasteiger partial charge in [0.25, 0.3) is 11.8 Å². The Morgan fingerprint density at radius 2 is 1.00 bits per heavy atom. The minimum Gasteiger partial charge on any atom is -0.490 e. The van der Waals surface area contributed by atoms with Gasteiger partial charge in [0.15, 0.2) is 17.6 Å². The van der Waals surface area contributed by atoms with E-state index in [0.29, 0.717) is 37.1 Å². The molecule has 0 fully saturated rings. The maximum absolute atomic E-state index is 13.3. The molecule has 0 saturated heterocycles. The van der Waals surface area contributed by atoms with E-state index >= 15 is 0 Å². The van der Waals surface area contributed by atoms with E-state index in [0.717, 1.165) is 70.6 Å². The van der Waals surface area contributed by atoms with Gasteiger partial charge in [-0.1, -0.05) is 117 Å². The second kappa shape index (κ2) is 27.4. The van der Waals surface area contributed by atoms with E-state index in [9.17, 15) is 30.0 Å². The lowest BCUT2D eigenvalue weighted by Crippen LogP contribution is -2.52. The predicted molar refractivity (Wildman–Crippen MR) is 187 cm³/mol. The van der Waals surface area contributed by atoms with Gasteiger partial charge in [-0.15, -0.1) is 0 Å². The zero-order valence-electron chi connectivity index (χ0n) is 29.8. The number of benzene rings is 1. The van der Waals surface area contributed by atoms with Crippen molar-refractivity contribution in [1.82, 2.24) is 5.32 Å². The third kappa shape index (κ3) is 17.8. The molecule has 278 valence electrons. The number of hydrogen-bond donors (Lipinski definition) is 6. The minimum absolute atomic E-state index is 0.0174. The third-order valence-corrected chi connectivity index (χ3v) is 8.30. The molecule has 2 amide bonds. The largest absolute Gasteiger partial charge is 0.490 e. The maximum Gasteiger partial charge on any atom is 0.258 e. The molecule has 0 aliphatic carbocycles. The topological polar surface area (TPSA) is 175 Å². The zero-order valence-corrected chi connectivity index (χ0v) is 29.8. The Morgan fingerprint density at radius 3 is 1.42 bits per heavy atom. The Kier molecular flexibility index (Phi) is 24.9. The molecule has 0 bridgehead atoms. The average molecular weight is 684 g/mol. The van der Waals surface area contributed by atoms with E-state index < -0.39 is 42.8 Å². The quantitative estimate of drug-likeness (QED) is 0.0561. The fraction of sp³-hybridized carbons (Fsp3) is 0.784. The molecule has 1 aromatic carbocycles. The van der Waals surface area contributed by atoms with Crippen LogP contribution in [0.5, 0.6) is 17.2 Å². The summed E-state index contributed by atoms with van der Waals surface area (Å²) in [5, 5.41) is 50.9. The molecule has 0 unspecified atom stereocenters. The number of unbranched alkanes of at least 4 members (excludes halogenated alkanes) is 15. The molecular weight excluding hydrogens is 618 g/mol. The van der Waals surface area contributed by atoms with E-state index in [1.165, 1.54) is 57.1 Å². The number of amides is 2. The molecule has 0 radical (unpaired) electrons. The molecular formula is C37H65NO10. The van der Waals surface area contributed by atoms with Crippen LogP contribution in [0.25, 0.3) is 0 Å². The number of rotatable bonds is 30. The first kappa shape index (κ1) is 43.6. The van der Waals surface area contributed by atoms with Crippen molar-refractivity contribution in [2.75, 3.05) is 26.4 Å². The van der Waals surface area contributed by atoms with Crippen LogP contribution in [0.2, 0.25) is 0 Å². The maximum atomic E-state index is 13.3. The van der Waals surface area contributed by atoms with Crippen LogP contribution < -0.4 is 19.5 Å². The van der Waals surface area contributed by atoms with Crippen molar-refractivity contribution >= 4 is 11.8 Å². The third-order valence-electron chi connectivity index (χ3n) is 8.30. The molecule has 0 aliphatic heterocycles. The summed E-state index contributed by atoms with van der Waals surface area (Å²) in [4.78, 5) is 25.9. The first-order chi connectivity index (χ1) is 23.2. The van der Waals surface area contributed by atoms with E-state index in [4.69, 9.17) is 19.3 Å². The van der Waals surface area contributed by atoms with Crippen molar-refractivity contribution in [3.8, 4) is 17.2 Å². The highest BCUT2D eigenvalue weighted by molar-refractivity contribution is 6.06. The molecule has 0 saturated carbocycles. The second-order valence-electron chi connectivity index (χ2n) is 12.6. The Morgan fingerprint density at radius 1 is 0.604 bits per heavy atom. The van der Waals surface area contributed by atoms with E-state index in [1.807, 2.05) is 5.32 Å². The monoisotopic (exact) mass is 683 g/mol. The standard InChI is InChI=1S/C37H65NO10/c1-4-7-10-13-16-19-22-46-30-25-28(36(44)38-37(45)34(43)33(42)32(41)29(40)27-39)26-31(47-23-20-17-14-11-8-5-2)35(30)48-24-21-18-15-12-9-6-3/h25-26,29,32-34,39-43H,4-24,27H2,1-3H3,(H,38,44,45)/t29-,32-,33+,34-/m0/s1. The van der Waals surface area contributed by atoms with Gasteiger partial charge in [0.1, 0.15) is 18.3 Å². The first-order valence-electron chi connectivity index (χ1n) is 18.5. The van der Waals surface area contributed by atoms with Gasteiger partial charge >= 0.3 is 0 Å². The molecule has 0 aliphatic rings. The van der Waals surface area contributed by atoms with Gasteiger partial charge in [0.05, 0.1) is 26.4 Å². The van der Waals surface area contributed by atoms with Crippen molar-refractivity contribution in [3.63, 3.8) is 0 Å². The van der Waals surface area contributed by atoms with Gasteiger partial charge in [0.2, 0.25) is 5.75 Å². The fourth-order valence-electron chi connectivity index (χ4n) is 5.19. The van der Waals surface area contributed by atoms with Crippen molar-refractivity contribution < 1.29 is 49.3 Å². The number of carbonyl (C=O) groups is 2. The van der Waals surface area contributed by atoms with Crippen molar-refractivity contribution in [2.24, 2.45) is 0 Å². The van der Waals surface area contributed by atoms with Crippen LogP contribution in [0.3, 0.4) is 0 Å². The van der Waals surface area contributed by atoms with Gasteiger partial charge in [0, 0.05) is 5.56 Å². The molecule has 1 rings (SSSR count). The van der Waals surface area contributed by atoms with Crippen molar-refractivity contribution in [1.29, 1.82) is 0 Å². The lowest BCUT2D eigenvalue weighted by Gasteiger charge is -2.24. The van der Waals surface area contributed by atoms with Gasteiger partial charge in [-0.3, -0.25) is 14.9 Å². The molecule has 0 aromatic heterocycles. The summed E-state index contributed by atoms with van der Waals surface area (Å²) in [6.45, 7) is 6.87. The van der Waals surface area contributed by atoms with Crippen molar-refractivity contribution in [3.05, 3.63) is 17.7 Å². The van der Waals surface area contributed by atoms with Crippen LogP contribution in [0.15, 0.2) is 12.1 Å². The molecule has 1 aromatic rings. The number of aliphatic hydroxyl groups excluding tert-OH is 5. The van der Waals surface area contributed by atoms with Crippen LogP contribution in [0, 0.1) is 0 Å². The highest BCUT2D eigenvalue weighted by Crippen LogP contribution is 2.40. The fourth-order valence-corrected chi connectivity index (χ4v) is 5.19. The SMILES string of the molecule is CCCCCCCCOc1cc(C(=O)NC(=O)[C@@H](O)[C@H](O)[C@@H](O)[C@@H](O)CO)cc(OCCCCCCCC)c1OCCCCCCCC. The summed E-state index contributed by atoms with van der Waals surface area (Å²) in [6.07, 6.45) is 11.3. The molecule has 6 N–H and O–H groups in total. The molecule has 0 spiro atoms. The summed E-state index contributed by atoms with van der Waals surface area (Å²) in [5.74, 6) is -1.15. The van der Waals surface area contributed by atoms with E-state index in [-0.39, 0.29) is 5.56 Å². The lowest BCUT2D eigenvalue weighted by molar-refractivity contribution is -0.148. The second-order valence-corrected chi connectivity index (χ2v) is 12.6. The molecule has 48 heavy (non-hydrogen) atoms. The average Bonchev–Trinajstić information content (AvgIpc) is 3.09. The van der Waals surface area contributed by atoms with Crippen LogP contribution in [0.1, 0.15) is 147 Å². The minimum atomic E-state index is -2.25. The number of carbonyl (C=O) groups excluding carboxylic acids is 2. The van der Waals surface area contributed by atoms with Crippen molar-refractivity contribution in [2.45, 2.75) is 161 Å². The van der Waals surface area contributed by atoms with Gasteiger partial charge in [-0.25, -0.2) is 0 Å². The van der Waals surface area contributed by atoms with Gasteiger partial charge in [-0.2, -0.15) is 0 Å². The summed E-state index contributed by atoms with van der Waals surface area (Å²) in [6, 6.07) is 2.95. The molecule has 11 nitrogen and oxygen atoms in total. The Hall–Kier alpha value is -2.44.